The van der Waals surface area contributed by atoms with E-state index in [1.807, 2.05) is 62.1 Å². The molecule has 1 aromatic heterocycles. The van der Waals surface area contributed by atoms with Crippen LogP contribution in [0.4, 0.5) is 0 Å². The predicted molar refractivity (Wildman–Crippen MR) is 134 cm³/mol. The van der Waals surface area contributed by atoms with Gasteiger partial charge in [0.25, 0.3) is 5.56 Å². The molecule has 1 amide bonds. The first-order valence-corrected chi connectivity index (χ1v) is 12.3. The van der Waals surface area contributed by atoms with Gasteiger partial charge in [-0.15, -0.1) is 0 Å². The molecule has 0 N–H and O–H groups in total. The van der Waals surface area contributed by atoms with Crippen molar-refractivity contribution < 1.29 is 4.79 Å². The number of rotatable bonds is 8. The molecule has 2 aromatic carbocycles. The summed E-state index contributed by atoms with van der Waals surface area (Å²) < 4.78 is 1.75. The minimum absolute atomic E-state index is 0.0826. The van der Waals surface area contributed by atoms with E-state index in [0.717, 1.165) is 55.3 Å². The highest BCUT2D eigenvalue weighted by atomic mass is 16.2. The molecular formula is C28H35N3O2. The molecular weight excluding hydrogens is 410 g/mol. The van der Waals surface area contributed by atoms with Crippen LogP contribution in [0.5, 0.6) is 0 Å². The molecule has 0 saturated heterocycles. The zero-order valence-corrected chi connectivity index (χ0v) is 20.3. The zero-order valence-electron chi connectivity index (χ0n) is 20.3. The van der Waals surface area contributed by atoms with Gasteiger partial charge < -0.3 is 4.90 Å². The maximum Gasteiger partial charge on any atom is 0.266 e. The summed E-state index contributed by atoms with van der Waals surface area (Å²) in [6.07, 6.45) is 6.18. The zero-order chi connectivity index (χ0) is 23.5. The first-order valence-electron chi connectivity index (χ1n) is 12.3. The lowest BCUT2D eigenvalue weighted by atomic mass is 9.84. The second-order valence-electron chi connectivity index (χ2n) is 9.46. The second-order valence-corrected chi connectivity index (χ2v) is 9.46. The van der Waals surface area contributed by atoms with Crippen LogP contribution in [0, 0.1) is 19.8 Å². The van der Waals surface area contributed by atoms with E-state index in [2.05, 4.69) is 13.0 Å². The highest BCUT2D eigenvalue weighted by molar-refractivity contribution is 5.81. The fourth-order valence-corrected chi connectivity index (χ4v) is 4.68. The van der Waals surface area contributed by atoms with Gasteiger partial charge in [-0.05, 0) is 69.4 Å². The van der Waals surface area contributed by atoms with Crippen molar-refractivity contribution in [2.45, 2.75) is 72.3 Å². The SMILES string of the molecule is CCCCCN(C(=O)C1CCC1)C(C)c1nc2ccccc2c(=O)n1-c1cc(C)ccc1C. The summed E-state index contributed by atoms with van der Waals surface area (Å²) in [5.74, 6) is 0.951. The summed E-state index contributed by atoms with van der Waals surface area (Å²) in [5.41, 5.74) is 3.52. The normalized spacial score (nSPS) is 14.8. The summed E-state index contributed by atoms with van der Waals surface area (Å²) in [4.78, 5) is 34.2. The maximum absolute atomic E-state index is 13.8. The minimum atomic E-state index is -0.299. The molecule has 0 radical (unpaired) electrons. The number of nitrogens with zero attached hydrogens (tertiary/aromatic N) is 3. The number of benzene rings is 2. The molecule has 0 spiro atoms. The molecule has 1 fully saturated rings. The number of carbonyl (C=O) groups is 1. The molecule has 0 bridgehead atoms. The number of hydrogen-bond donors (Lipinski definition) is 0. The first kappa shape index (κ1) is 23.2. The van der Waals surface area contributed by atoms with Crippen LogP contribution in [0.15, 0.2) is 47.3 Å². The fourth-order valence-electron chi connectivity index (χ4n) is 4.68. The lowest BCUT2D eigenvalue weighted by Gasteiger charge is -2.36. The van der Waals surface area contributed by atoms with Gasteiger partial charge in [-0.25, -0.2) is 4.98 Å². The Bertz CT molecular complexity index is 1210. The van der Waals surface area contributed by atoms with Crippen LogP contribution in [0.1, 0.15) is 75.4 Å². The molecule has 1 atom stereocenters. The largest absolute Gasteiger partial charge is 0.333 e. The number of para-hydroxylation sites is 1. The Morgan fingerprint density at radius 3 is 2.61 bits per heavy atom. The van der Waals surface area contributed by atoms with E-state index in [9.17, 15) is 9.59 Å². The Labute approximate surface area is 196 Å². The predicted octanol–water partition coefficient (Wildman–Crippen LogP) is 5.88. The van der Waals surface area contributed by atoms with Gasteiger partial charge in [0, 0.05) is 12.5 Å². The van der Waals surface area contributed by atoms with E-state index in [4.69, 9.17) is 4.98 Å². The summed E-state index contributed by atoms with van der Waals surface area (Å²) in [6, 6.07) is 13.3. The monoisotopic (exact) mass is 445 g/mol. The van der Waals surface area contributed by atoms with Crippen LogP contribution < -0.4 is 5.56 Å². The summed E-state index contributed by atoms with van der Waals surface area (Å²) in [7, 11) is 0. The van der Waals surface area contributed by atoms with Crippen LogP contribution in [0.3, 0.4) is 0 Å². The number of fused-ring (bicyclic) bond motifs is 1. The molecule has 1 aliphatic rings. The van der Waals surface area contributed by atoms with Gasteiger partial charge in [-0.2, -0.15) is 0 Å². The Morgan fingerprint density at radius 1 is 1.15 bits per heavy atom. The Hall–Kier alpha value is -2.95. The first-order chi connectivity index (χ1) is 15.9. The molecule has 3 aromatic rings. The van der Waals surface area contributed by atoms with Gasteiger partial charge in [-0.3, -0.25) is 14.2 Å². The maximum atomic E-state index is 13.8. The van der Waals surface area contributed by atoms with Crippen molar-refractivity contribution >= 4 is 16.8 Å². The summed E-state index contributed by atoms with van der Waals surface area (Å²) in [5, 5.41) is 0.595. The van der Waals surface area contributed by atoms with E-state index in [-0.39, 0.29) is 23.4 Å². The third kappa shape index (κ3) is 4.59. The van der Waals surface area contributed by atoms with Crippen LogP contribution in [-0.4, -0.2) is 26.9 Å². The van der Waals surface area contributed by atoms with Crippen LogP contribution >= 0.6 is 0 Å². The number of hydrogen-bond acceptors (Lipinski definition) is 3. The van der Waals surface area contributed by atoms with Crippen molar-refractivity contribution in [3.8, 4) is 5.69 Å². The molecule has 1 saturated carbocycles. The smallest absolute Gasteiger partial charge is 0.266 e. The topological polar surface area (TPSA) is 55.2 Å². The summed E-state index contributed by atoms with van der Waals surface area (Å²) >= 11 is 0. The number of aryl methyl sites for hydroxylation is 2. The van der Waals surface area contributed by atoms with Crippen LogP contribution in [0.2, 0.25) is 0 Å². The van der Waals surface area contributed by atoms with Crippen LogP contribution in [0.25, 0.3) is 16.6 Å². The third-order valence-electron chi connectivity index (χ3n) is 6.99. The van der Waals surface area contributed by atoms with Crippen molar-refractivity contribution in [2.24, 2.45) is 5.92 Å². The second kappa shape index (κ2) is 9.90. The van der Waals surface area contributed by atoms with E-state index in [1.54, 1.807) is 4.57 Å². The molecule has 5 heteroatoms. The van der Waals surface area contributed by atoms with Crippen molar-refractivity contribution in [3.05, 3.63) is 69.8 Å². The molecule has 33 heavy (non-hydrogen) atoms. The Kier molecular flexibility index (Phi) is 6.96. The third-order valence-corrected chi connectivity index (χ3v) is 6.99. The van der Waals surface area contributed by atoms with Crippen molar-refractivity contribution in [2.75, 3.05) is 6.54 Å². The number of aromatic nitrogens is 2. The molecule has 1 heterocycles. The standard InChI is InChI=1S/C28H35N3O2/c1-5-6-9-17-30(27(32)22-11-10-12-22)21(4)26-29-24-14-8-7-13-23(24)28(33)31(26)25-18-19(2)15-16-20(25)3/h7-8,13-16,18,21-22H,5-6,9-12,17H2,1-4H3. The quantitative estimate of drug-likeness (QED) is 0.407. The van der Waals surface area contributed by atoms with Crippen LogP contribution in [-0.2, 0) is 4.79 Å². The lowest BCUT2D eigenvalue weighted by Crippen LogP contribution is -2.43. The molecule has 1 unspecified atom stereocenters. The van der Waals surface area contributed by atoms with Gasteiger partial charge in [-0.1, -0.05) is 50.5 Å². The van der Waals surface area contributed by atoms with Gasteiger partial charge in [0.05, 0.1) is 22.6 Å². The molecule has 1 aliphatic carbocycles. The highest BCUT2D eigenvalue weighted by Crippen LogP contribution is 2.32. The Morgan fingerprint density at radius 2 is 1.91 bits per heavy atom. The molecule has 5 nitrogen and oxygen atoms in total. The summed E-state index contributed by atoms with van der Waals surface area (Å²) in [6.45, 7) is 8.94. The molecule has 174 valence electrons. The molecule has 4 rings (SSSR count). The lowest BCUT2D eigenvalue weighted by molar-refractivity contribution is -0.140. The van der Waals surface area contributed by atoms with Gasteiger partial charge in [0.2, 0.25) is 5.91 Å². The number of unbranched alkanes of at least 4 members (excludes halogenated alkanes) is 2. The van der Waals surface area contributed by atoms with Gasteiger partial charge >= 0.3 is 0 Å². The number of carbonyl (C=O) groups excluding carboxylic acids is 1. The van der Waals surface area contributed by atoms with E-state index >= 15 is 0 Å². The number of amides is 1. The van der Waals surface area contributed by atoms with E-state index in [0.29, 0.717) is 23.3 Å². The fraction of sp³-hybridized carbons (Fsp3) is 0.464. The highest BCUT2D eigenvalue weighted by Gasteiger charge is 2.34. The van der Waals surface area contributed by atoms with Crippen molar-refractivity contribution in [3.63, 3.8) is 0 Å². The van der Waals surface area contributed by atoms with Crippen molar-refractivity contribution in [1.82, 2.24) is 14.5 Å². The minimum Gasteiger partial charge on any atom is -0.333 e. The average molecular weight is 446 g/mol. The average Bonchev–Trinajstić information content (AvgIpc) is 2.77. The van der Waals surface area contributed by atoms with Crippen molar-refractivity contribution in [1.29, 1.82) is 0 Å². The van der Waals surface area contributed by atoms with Gasteiger partial charge in [0.15, 0.2) is 0 Å². The van der Waals surface area contributed by atoms with Gasteiger partial charge in [0.1, 0.15) is 5.82 Å². The van der Waals surface area contributed by atoms with E-state index < -0.39 is 0 Å². The Balaban J connectivity index is 1.89. The molecule has 0 aliphatic heterocycles. The van der Waals surface area contributed by atoms with E-state index in [1.165, 1.54) is 0 Å².